The second kappa shape index (κ2) is 3.54. The van der Waals surface area contributed by atoms with Crippen molar-refractivity contribution >= 4 is 12.6 Å². The van der Waals surface area contributed by atoms with Crippen LogP contribution < -0.4 is 0 Å². The number of thiol groups is 1. The normalized spacial score (nSPS) is 11.1. The van der Waals surface area contributed by atoms with Gasteiger partial charge in [0.1, 0.15) is 6.07 Å². The zero-order valence-corrected chi connectivity index (χ0v) is 8.08. The average Bonchev–Trinajstić information content (AvgIpc) is 2.07. The van der Waals surface area contributed by atoms with Crippen LogP contribution in [0.4, 0.5) is 13.2 Å². The minimum atomic E-state index is -4.50. The van der Waals surface area contributed by atoms with Gasteiger partial charge in [-0.1, -0.05) is 6.07 Å². The smallest absolute Gasteiger partial charge is 0.192 e. The molecule has 14 heavy (non-hydrogen) atoms. The molecule has 0 amide bonds. The summed E-state index contributed by atoms with van der Waals surface area (Å²) < 4.78 is 37.1. The maximum absolute atomic E-state index is 12.4. The van der Waals surface area contributed by atoms with Gasteiger partial charge in [-0.3, -0.25) is 0 Å². The number of nitriles is 1. The van der Waals surface area contributed by atoms with Crippen LogP contribution in [0, 0.1) is 18.3 Å². The van der Waals surface area contributed by atoms with Gasteiger partial charge in [0.2, 0.25) is 0 Å². The molecule has 0 saturated carbocycles. The van der Waals surface area contributed by atoms with Crippen molar-refractivity contribution in [1.82, 2.24) is 0 Å². The molecule has 1 aromatic rings. The third-order valence-corrected chi connectivity index (χ3v) is 2.37. The van der Waals surface area contributed by atoms with Crippen molar-refractivity contribution in [3.05, 3.63) is 28.8 Å². The van der Waals surface area contributed by atoms with Crippen molar-refractivity contribution in [2.24, 2.45) is 0 Å². The van der Waals surface area contributed by atoms with Crippen LogP contribution in [0.3, 0.4) is 0 Å². The fourth-order valence-electron chi connectivity index (χ4n) is 1.04. The molecule has 1 nitrogen and oxygen atoms in total. The number of benzene rings is 1. The highest BCUT2D eigenvalue weighted by Crippen LogP contribution is 2.35. The van der Waals surface area contributed by atoms with Gasteiger partial charge in [-0.15, -0.1) is 12.6 Å². The summed E-state index contributed by atoms with van der Waals surface area (Å²) in [5, 5.41) is 8.59. The fraction of sp³-hybridized carbons (Fsp3) is 0.222. The molecule has 0 heterocycles. The lowest BCUT2D eigenvalue weighted by atomic mass is 10.0. The largest absolute Gasteiger partial charge is 0.417 e. The van der Waals surface area contributed by atoms with E-state index in [0.717, 1.165) is 6.07 Å². The zero-order valence-electron chi connectivity index (χ0n) is 7.18. The van der Waals surface area contributed by atoms with E-state index >= 15 is 0 Å². The Morgan fingerprint density at radius 1 is 1.36 bits per heavy atom. The molecule has 0 radical (unpaired) electrons. The van der Waals surface area contributed by atoms with Crippen molar-refractivity contribution in [3.63, 3.8) is 0 Å². The van der Waals surface area contributed by atoms with Gasteiger partial charge in [-0.25, -0.2) is 0 Å². The van der Waals surface area contributed by atoms with Crippen molar-refractivity contribution in [2.75, 3.05) is 0 Å². The topological polar surface area (TPSA) is 23.8 Å². The Hall–Kier alpha value is -1.15. The number of alkyl halides is 3. The van der Waals surface area contributed by atoms with Gasteiger partial charge < -0.3 is 0 Å². The summed E-state index contributed by atoms with van der Waals surface area (Å²) >= 11 is 3.87. The first-order valence-electron chi connectivity index (χ1n) is 3.67. The van der Waals surface area contributed by atoms with Crippen LogP contribution in [0.1, 0.15) is 16.7 Å². The molecular weight excluding hydrogens is 211 g/mol. The van der Waals surface area contributed by atoms with Gasteiger partial charge >= 0.3 is 6.18 Å². The summed E-state index contributed by atoms with van der Waals surface area (Å²) in [7, 11) is 0. The molecule has 0 bridgehead atoms. The van der Waals surface area contributed by atoms with E-state index in [1.165, 1.54) is 12.1 Å². The number of nitrogens with zero attached hydrogens (tertiary/aromatic N) is 1. The zero-order chi connectivity index (χ0) is 10.9. The second-order valence-electron chi connectivity index (χ2n) is 2.76. The van der Waals surface area contributed by atoms with E-state index in [-0.39, 0.29) is 4.90 Å². The van der Waals surface area contributed by atoms with E-state index in [0.29, 0.717) is 5.56 Å². The Balaban J connectivity index is 3.49. The Morgan fingerprint density at radius 3 is 2.36 bits per heavy atom. The summed E-state index contributed by atoms with van der Waals surface area (Å²) in [4.78, 5) is 0.0855. The SMILES string of the molecule is Cc1ccc(C(F)(F)F)c(C#N)c1S. The molecule has 5 heteroatoms. The van der Waals surface area contributed by atoms with Crippen LogP contribution in [-0.2, 0) is 6.18 Å². The molecule has 0 saturated heterocycles. The van der Waals surface area contributed by atoms with Crippen LogP contribution in [0.25, 0.3) is 0 Å². The first kappa shape index (κ1) is 10.9. The van der Waals surface area contributed by atoms with Gasteiger partial charge in [0.15, 0.2) is 0 Å². The quantitative estimate of drug-likeness (QED) is 0.663. The summed E-state index contributed by atoms with van der Waals surface area (Å²) in [6.45, 7) is 1.60. The molecular formula is C9H6F3NS. The summed E-state index contributed by atoms with van der Waals surface area (Å²) in [5.41, 5.74) is -0.797. The molecule has 0 aliphatic carbocycles. The predicted molar refractivity (Wildman–Crippen MR) is 48.1 cm³/mol. The number of aryl methyl sites for hydroxylation is 1. The highest BCUT2D eigenvalue weighted by molar-refractivity contribution is 7.80. The van der Waals surface area contributed by atoms with E-state index in [1.54, 1.807) is 6.92 Å². The maximum atomic E-state index is 12.4. The van der Waals surface area contributed by atoms with Crippen LogP contribution >= 0.6 is 12.6 Å². The van der Waals surface area contributed by atoms with Crippen molar-refractivity contribution < 1.29 is 13.2 Å². The Morgan fingerprint density at radius 2 is 1.93 bits per heavy atom. The molecule has 0 unspecified atom stereocenters. The van der Waals surface area contributed by atoms with Crippen molar-refractivity contribution in [2.45, 2.75) is 18.0 Å². The molecule has 0 aromatic heterocycles. The van der Waals surface area contributed by atoms with Crippen molar-refractivity contribution in [1.29, 1.82) is 5.26 Å². The van der Waals surface area contributed by atoms with Crippen molar-refractivity contribution in [3.8, 4) is 6.07 Å². The van der Waals surface area contributed by atoms with E-state index in [9.17, 15) is 13.2 Å². The predicted octanol–water partition coefficient (Wildman–Crippen LogP) is 3.17. The highest BCUT2D eigenvalue weighted by atomic mass is 32.1. The molecule has 0 fully saturated rings. The van der Waals surface area contributed by atoms with E-state index in [1.807, 2.05) is 0 Å². The number of hydrogen-bond donors (Lipinski definition) is 1. The Kier molecular flexibility index (Phi) is 2.76. The lowest BCUT2D eigenvalue weighted by Crippen LogP contribution is -2.08. The average molecular weight is 217 g/mol. The molecule has 0 N–H and O–H groups in total. The first-order valence-corrected chi connectivity index (χ1v) is 4.12. The molecule has 0 aliphatic heterocycles. The lowest BCUT2D eigenvalue weighted by molar-refractivity contribution is -0.137. The summed E-state index contributed by atoms with van der Waals surface area (Å²) in [6, 6.07) is 3.71. The van der Waals surface area contributed by atoms with E-state index in [4.69, 9.17) is 5.26 Å². The third kappa shape index (κ3) is 1.85. The van der Waals surface area contributed by atoms with E-state index in [2.05, 4.69) is 12.6 Å². The van der Waals surface area contributed by atoms with Crippen LogP contribution in [0.2, 0.25) is 0 Å². The van der Waals surface area contributed by atoms with E-state index < -0.39 is 17.3 Å². The monoisotopic (exact) mass is 217 g/mol. The second-order valence-corrected chi connectivity index (χ2v) is 3.21. The minimum absolute atomic E-state index is 0.0855. The minimum Gasteiger partial charge on any atom is -0.192 e. The Bertz CT molecular complexity index is 404. The van der Waals surface area contributed by atoms with Gasteiger partial charge in [-0.2, -0.15) is 18.4 Å². The van der Waals surface area contributed by atoms with Gasteiger partial charge in [-0.05, 0) is 18.6 Å². The number of hydrogen-bond acceptors (Lipinski definition) is 2. The molecule has 1 aromatic carbocycles. The number of halogens is 3. The third-order valence-electron chi connectivity index (χ3n) is 1.80. The highest BCUT2D eigenvalue weighted by Gasteiger charge is 2.34. The Labute approximate surface area is 84.6 Å². The fourth-order valence-corrected chi connectivity index (χ4v) is 1.29. The lowest BCUT2D eigenvalue weighted by Gasteiger charge is -2.11. The van der Waals surface area contributed by atoms with Crippen LogP contribution in [0.15, 0.2) is 17.0 Å². The molecule has 0 aliphatic rings. The number of rotatable bonds is 0. The molecule has 74 valence electrons. The maximum Gasteiger partial charge on any atom is 0.417 e. The summed E-state index contributed by atoms with van der Waals surface area (Å²) in [6.07, 6.45) is -4.50. The first-order chi connectivity index (χ1) is 6.38. The van der Waals surface area contributed by atoms with Crippen LogP contribution in [0.5, 0.6) is 0 Å². The van der Waals surface area contributed by atoms with Gasteiger partial charge in [0.05, 0.1) is 11.1 Å². The molecule has 0 atom stereocenters. The molecule has 1 rings (SSSR count). The standard InChI is InChI=1S/C9H6F3NS/c1-5-2-3-7(9(10,11)12)6(4-13)8(5)14/h2-3,14H,1H3. The van der Waals surface area contributed by atoms with Gasteiger partial charge in [0, 0.05) is 4.90 Å². The molecule has 0 spiro atoms. The van der Waals surface area contributed by atoms with Crippen LogP contribution in [-0.4, -0.2) is 0 Å². The van der Waals surface area contributed by atoms with Gasteiger partial charge in [0.25, 0.3) is 0 Å². The summed E-state index contributed by atoms with van der Waals surface area (Å²) in [5.74, 6) is 0.